The summed E-state index contributed by atoms with van der Waals surface area (Å²) in [5, 5.41) is 0. The molecule has 2 N–H and O–H groups in total. The van der Waals surface area contributed by atoms with E-state index in [2.05, 4.69) is 59.7 Å². The largest absolute Gasteiger partial charge is 0.383 e. The molecule has 0 aliphatic heterocycles. The number of aryl methyl sites for hydroxylation is 2. The van der Waals surface area contributed by atoms with Crippen molar-refractivity contribution >= 4 is 33.1 Å². The van der Waals surface area contributed by atoms with Crippen molar-refractivity contribution in [1.29, 1.82) is 0 Å². The van der Waals surface area contributed by atoms with E-state index in [1.807, 2.05) is 0 Å². The quantitative estimate of drug-likeness (QED) is 0.903. The number of nitrogen functional groups attached to an aromatic ring is 1. The minimum Gasteiger partial charge on any atom is -0.383 e. The lowest BCUT2D eigenvalue weighted by molar-refractivity contribution is 0.633. The fourth-order valence-corrected chi connectivity index (χ4v) is 3.27. The summed E-state index contributed by atoms with van der Waals surface area (Å²) in [6.45, 7) is 8.53. The van der Waals surface area contributed by atoms with Gasteiger partial charge in [-0.1, -0.05) is 13.8 Å². The van der Waals surface area contributed by atoms with Crippen molar-refractivity contribution < 1.29 is 0 Å². The van der Waals surface area contributed by atoms with Crippen molar-refractivity contribution in [2.75, 3.05) is 5.73 Å². The summed E-state index contributed by atoms with van der Waals surface area (Å²) in [4.78, 5) is 11.6. The summed E-state index contributed by atoms with van der Waals surface area (Å²) < 4.78 is 0.828. The van der Waals surface area contributed by atoms with E-state index in [1.54, 1.807) is 11.3 Å². The average Bonchev–Trinajstić information content (AvgIpc) is 2.63. The van der Waals surface area contributed by atoms with Gasteiger partial charge in [0.2, 0.25) is 0 Å². The predicted octanol–water partition coefficient (Wildman–Crippen LogP) is 4.37. The SMILES string of the molecule is Cc1cc(-c2nc(N)c(Br)c(CC(C)C)n2)c(C)s1. The smallest absolute Gasteiger partial charge is 0.162 e. The van der Waals surface area contributed by atoms with Crippen LogP contribution < -0.4 is 5.73 Å². The monoisotopic (exact) mass is 339 g/mol. The highest BCUT2D eigenvalue weighted by Gasteiger charge is 2.15. The Kier molecular flexibility index (Phi) is 4.26. The number of nitrogens with two attached hydrogens (primary N) is 1. The van der Waals surface area contributed by atoms with Gasteiger partial charge in [-0.3, -0.25) is 0 Å². The van der Waals surface area contributed by atoms with Crippen molar-refractivity contribution in [3.05, 3.63) is 26.0 Å². The van der Waals surface area contributed by atoms with E-state index in [-0.39, 0.29) is 0 Å². The number of hydrogen-bond acceptors (Lipinski definition) is 4. The normalized spacial score (nSPS) is 11.3. The lowest BCUT2D eigenvalue weighted by atomic mass is 10.1. The molecule has 0 saturated carbocycles. The van der Waals surface area contributed by atoms with Crippen LogP contribution in [0.2, 0.25) is 0 Å². The Labute approximate surface area is 126 Å². The Morgan fingerprint density at radius 2 is 2.00 bits per heavy atom. The van der Waals surface area contributed by atoms with E-state index in [0.29, 0.717) is 11.7 Å². The van der Waals surface area contributed by atoms with Crippen LogP contribution in [0, 0.1) is 19.8 Å². The lowest BCUT2D eigenvalue weighted by Gasteiger charge is -2.10. The first-order valence-corrected chi connectivity index (χ1v) is 7.88. The fourth-order valence-electron chi connectivity index (χ4n) is 2.01. The first-order chi connectivity index (χ1) is 8.88. The zero-order valence-electron chi connectivity index (χ0n) is 11.6. The van der Waals surface area contributed by atoms with E-state index in [0.717, 1.165) is 28.0 Å². The molecule has 0 aliphatic carbocycles. The van der Waals surface area contributed by atoms with Crippen molar-refractivity contribution in [1.82, 2.24) is 9.97 Å². The maximum Gasteiger partial charge on any atom is 0.162 e. The summed E-state index contributed by atoms with van der Waals surface area (Å²) in [5.41, 5.74) is 8.07. The number of aromatic nitrogens is 2. The van der Waals surface area contributed by atoms with Crippen LogP contribution in [-0.4, -0.2) is 9.97 Å². The molecule has 0 atom stereocenters. The fraction of sp³-hybridized carbons (Fsp3) is 0.429. The number of hydrogen-bond donors (Lipinski definition) is 1. The molecule has 0 aliphatic rings. The summed E-state index contributed by atoms with van der Waals surface area (Å²) in [5.74, 6) is 1.78. The molecule has 19 heavy (non-hydrogen) atoms. The standard InChI is InChI=1S/C14H18BrN3S/c1-7(2)5-11-12(15)13(16)18-14(17-11)10-6-8(3)19-9(10)4/h6-7H,5H2,1-4H3,(H2,16,17,18). The van der Waals surface area contributed by atoms with Crippen LogP contribution in [0.3, 0.4) is 0 Å². The van der Waals surface area contributed by atoms with Gasteiger partial charge in [0.05, 0.1) is 10.2 Å². The lowest BCUT2D eigenvalue weighted by Crippen LogP contribution is -2.05. The molecule has 0 saturated heterocycles. The van der Waals surface area contributed by atoms with Crippen molar-refractivity contribution in [2.45, 2.75) is 34.1 Å². The van der Waals surface area contributed by atoms with Gasteiger partial charge in [-0.15, -0.1) is 11.3 Å². The Morgan fingerprint density at radius 1 is 1.32 bits per heavy atom. The van der Waals surface area contributed by atoms with Crippen molar-refractivity contribution in [3.8, 4) is 11.4 Å². The van der Waals surface area contributed by atoms with E-state index in [1.165, 1.54) is 9.75 Å². The van der Waals surface area contributed by atoms with Gasteiger partial charge in [-0.2, -0.15) is 0 Å². The molecule has 3 nitrogen and oxygen atoms in total. The maximum atomic E-state index is 6.00. The summed E-state index contributed by atoms with van der Waals surface area (Å²) >= 11 is 5.25. The first-order valence-electron chi connectivity index (χ1n) is 6.27. The van der Waals surface area contributed by atoms with Gasteiger partial charge in [-0.25, -0.2) is 9.97 Å². The molecule has 0 spiro atoms. The van der Waals surface area contributed by atoms with Crippen LogP contribution in [0.25, 0.3) is 11.4 Å². The van der Waals surface area contributed by atoms with E-state index in [9.17, 15) is 0 Å². The molecule has 0 bridgehead atoms. The number of nitrogens with zero attached hydrogens (tertiary/aromatic N) is 2. The Bertz CT molecular complexity index is 605. The van der Waals surface area contributed by atoms with Crippen LogP contribution in [-0.2, 0) is 6.42 Å². The molecule has 0 amide bonds. The molecule has 2 heterocycles. The number of halogens is 1. The summed E-state index contributed by atoms with van der Waals surface area (Å²) in [6.07, 6.45) is 0.891. The zero-order chi connectivity index (χ0) is 14.2. The third kappa shape index (κ3) is 3.15. The van der Waals surface area contributed by atoms with Crippen molar-refractivity contribution in [2.24, 2.45) is 5.92 Å². The second-order valence-electron chi connectivity index (χ2n) is 5.12. The molecule has 0 fully saturated rings. The Hall–Kier alpha value is -0.940. The van der Waals surface area contributed by atoms with Gasteiger partial charge in [-0.05, 0) is 48.2 Å². The second kappa shape index (κ2) is 5.59. The molecular weight excluding hydrogens is 322 g/mol. The zero-order valence-corrected chi connectivity index (χ0v) is 14.0. The molecule has 2 aromatic rings. The van der Waals surface area contributed by atoms with Gasteiger partial charge < -0.3 is 5.73 Å². The molecule has 2 rings (SSSR count). The first kappa shape index (κ1) is 14.5. The molecule has 5 heteroatoms. The Balaban J connectivity index is 2.53. The third-order valence-electron chi connectivity index (χ3n) is 2.83. The van der Waals surface area contributed by atoms with Gasteiger partial charge in [0, 0.05) is 15.3 Å². The molecule has 102 valence electrons. The van der Waals surface area contributed by atoms with Crippen LogP contribution in [0.15, 0.2) is 10.5 Å². The molecular formula is C14H18BrN3S. The van der Waals surface area contributed by atoms with Crippen LogP contribution >= 0.6 is 27.3 Å². The van der Waals surface area contributed by atoms with Crippen LogP contribution in [0.1, 0.15) is 29.3 Å². The molecule has 2 aromatic heterocycles. The summed E-state index contributed by atoms with van der Waals surface area (Å²) in [7, 11) is 0. The molecule has 0 unspecified atom stereocenters. The number of rotatable bonds is 3. The highest BCUT2D eigenvalue weighted by Crippen LogP contribution is 2.31. The van der Waals surface area contributed by atoms with Crippen molar-refractivity contribution in [3.63, 3.8) is 0 Å². The number of anilines is 1. The molecule has 0 radical (unpaired) electrons. The number of thiophene rings is 1. The van der Waals surface area contributed by atoms with Gasteiger partial charge in [0.1, 0.15) is 5.82 Å². The highest BCUT2D eigenvalue weighted by atomic mass is 79.9. The summed E-state index contributed by atoms with van der Waals surface area (Å²) in [6, 6.07) is 2.13. The van der Waals surface area contributed by atoms with Gasteiger partial charge >= 0.3 is 0 Å². The predicted molar refractivity (Wildman–Crippen MR) is 85.5 cm³/mol. The topological polar surface area (TPSA) is 51.8 Å². The minimum absolute atomic E-state index is 0.518. The van der Waals surface area contributed by atoms with E-state index >= 15 is 0 Å². The maximum absolute atomic E-state index is 6.00. The average molecular weight is 340 g/mol. The van der Waals surface area contributed by atoms with E-state index in [4.69, 9.17) is 5.73 Å². The van der Waals surface area contributed by atoms with Gasteiger partial charge in [0.25, 0.3) is 0 Å². The van der Waals surface area contributed by atoms with E-state index < -0.39 is 0 Å². The third-order valence-corrected chi connectivity index (χ3v) is 4.66. The minimum atomic E-state index is 0.518. The van der Waals surface area contributed by atoms with Crippen LogP contribution in [0.5, 0.6) is 0 Å². The second-order valence-corrected chi connectivity index (χ2v) is 7.37. The molecule has 0 aromatic carbocycles. The highest BCUT2D eigenvalue weighted by molar-refractivity contribution is 9.10. The Morgan fingerprint density at radius 3 is 2.53 bits per heavy atom. The van der Waals surface area contributed by atoms with Gasteiger partial charge in [0.15, 0.2) is 5.82 Å². The van der Waals surface area contributed by atoms with Crippen LogP contribution in [0.4, 0.5) is 5.82 Å².